The molecule has 5 nitrogen and oxygen atoms in total. The molecule has 0 saturated carbocycles. The largest absolute Gasteiger partial charge is 0.455 e. The highest BCUT2D eigenvalue weighted by Crippen LogP contribution is 2.53. The Labute approximate surface area is 298 Å². The van der Waals surface area contributed by atoms with Gasteiger partial charge in [-0.15, -0.1) is 0 Å². The fraction of sp³-hybridized carbons (Fsp3) is 0.0638. The number of hydrogen-bond acceptors (Lipinski definition) is 5. The lowest BCUT2D eigenvalue weighted by atomic mass is 9.81. The molecule has 0 radical (unpaired) electrons. The van der Waals surface area contributed by atoms with Gasteiger partial charge < -0.3 is 13.3 Å². The van der Waals surface area contributed by atoms with Gasteiger partial charge in [0.1, 0.15) is 22.2 Å². The van der Waals surface area contributed by atoms with Crippen LogP contribution in [0.3, 0.4) is 0 Å². The van der Waals surface area contributed by atoms with Crippen molar-refractivity contribution in [1.29, 1.82) is 0 Å². The molecule has 0 atom stereocenters. The highest BCUT2D eigenvalue weighted by Gasteiger charge is 2.38. The maximum Gasteiger partial charge on any atom is 0.227 e. The Kier molecular flexibility index (Phi) is 5.95. The molecule has 7 aromatic carbocycles. The molecule has 3 heterocycles. The minimum atomic E-state index is -0.187. The quantitative estimate of drug-likeness (QED) is 0.186. The Morgan fingerprint density at radius 1 is 0.423 bits per heavy atom. The van der Waals surface area contributed by atoms with Crippen molar-refractivity contribution in [2.24, 2.45) is 0 Å². The van der Waals surface area contributed by atoms with Gasteiger partial charge in [0.05, 0.1) is 0 Å². The summed E-state index contributed by atoms with van der Waals surface area (Å²) < 4.78 is 19.0. The van der Waals surface area contributed by atoms with Crippen molar-refractivity contribution in [3.8, 4) is 56.3 Å². The summed E-state index contributed by atoms with van der Waals surface area (Å²) in [6.07, 6.45) is 0. The van der Waals surface area contributed by atoms with Crippen LogP contribution in [0.2, 0.25) is 0 Å². The van der Waals surface area contributed by atoms with Crippen molar-refractivity contribution in [1.82, 2.24) is 9.97 Å². The van der Waals surface area contributed by atoms with Crippen molar-refractivity contribution in [3.05, 3.63) is 157 Å². The smallest absolute Gasteiger partial charge is 0.227 e. The molecule has 11 rings (SSSR count). The highest BCUT2D eigenvalue weighted by molar-refractivity contribution is 6.11. The van der Waals surface area contributed by atoms with Gasteiger partial charge >= 0.3 is 0 Å². The summed E-state index contributed by atoms with van der Waals surface area (Å²) in [7, 11) is 0. The third-order valence-corrected chi connectivity index (χ3v) is 10.7. The first-order valence-electron chi connectivity index (χ1n) is 17.6. The van der Waals surface area contributed by atoms with Crippen LogP contribution in [0.4, 0.5) is 0 Å². The van der Waals surface area contributed by atoms with E-state index in [9.17, 15) is 0 Å². The van der Waals surface area contributed by atoms with E-state index in [2.05, 4.69) is 98.8 Å². The van der Waals surface area contributed by atoms with Crippen LogP contribution in [0.25, 0.3) is 100 Å². The highest BCUT2D eigenvalue weighted by atomic mass is 16.4. The van der Waals surface area contributed by atoms with Gasteiger partial charge in [0.25, 0.3) is 0 Å². The van der Waals surface area contributed by atoms with Gasteiger partial charge in [-0.1, -0.05) is 98.8 Å². The van der Waals surface area contributed by atoms with Gasteiger partial charge in [-0.2, -0.15) is 0 Å². The van der Waals surface area contributed by atoms with Gasteiger partial charge in [0.15, 0.2) is 11.2 Å². The van der Waals surface area contributed by atoms with E-state index in [1.807, 2.05) is 60.7 Å². The molecular weight excluding hydrogens is 641 g/mol. The topological polar surface area (TPSA) is 65.2 Å². The standard InChI is InChI=1S/C47H30N2O3/c1-47(2)36-21-20-34-33-12-3-6-15-40(33)50-44(34)43(36)35-19-18-29(26-37(35)47)27-10-9-11-28(22-27)30-23-31(45-48-38-13-4-7-16-41(38)51-45)25-32(24-30)46-49-39-14-5-8-17-42(39)52-46/h3-26H,1-2H3. The minimum Gasteiger partial charge on any atom is -0.455 e. The summed E-state index contributed by atoms with van der Waals surface area (Å²) in [5.74, 6) is 1.10. The Hall–Kier alpha value is -6.72. The van der Waals surface area contributed by atoms with Crippen LogP contribution in [-0.4, -0.2) is 9.97 Å². The zero-order chi connectivity index (χ0) is 34.6. The molecule has 0 spiro atoms. The second kappa shape index (κ2) is 10.6. The third-order valence-electron chi connectivity index (χ3n) is 10.7. The third kappa shape index (κ3) is 4.29. The van der Waals surface area contributed by atoms with Gasteiger partial charge in [0, 0.05) is 32.9 Å². The summed E-state index contributed by atoms with van der Waals surface area (Å²) >= 11 is 0. The molecule has 10 aromatic rings. The summed E-state index contributed by atoms with van der Waals surface area (Å²) in [5.41, 5.74) is 15.9. The normalized spacial score (nSPS) is 13.3. The predicted molar refractivity (Wildman–Crippen MR) is 208 cm³/mol. The number of para-hydroxylation sites is 5. The first kappa shape index (κ1) is 29.1. The number of fused-ring (bicyclic) bond motifs is 9. The number of oxazole rings is 2. The van der Waals surface area contributed by atoms with E-state index in [0.717, 1.165) is 77.5 Å². The molecule has 52 heavy (non-hydrogen) atoms. The molecule has 1 aliphatic rings. The summed E-state index contributed by atoms with van der Waals surface area (Å²) in [6.45, 7) is 4.63. The SMILES string of the molecule is CC1(C)c2cc(-c3cccc(-c4cc(-c5nc6ccccc6o5)cc(-c5nc6ccccc6o5)c4)c3)ccc2-c2c1ccc1c2oc2ccccc21. The lowest BCUT2D eigenvalue weighted by Gasteiger charge is -2.22. The van der Waals surface area contributed by atoms with E-state index in [1.54, 1.807) is 0 Å². The van der Waals surface area contributed by atoms with E-state index in [0.29, 0.717) is 11.8 Å². The van der Waals surface area contributed by atoms with Gasteiger partial charge in [-0.05, 0) is 99.6 Å². The lowest BCUT2D eigenvalue weighted by Crippen LogP contribution is -2.14. The van der Waals surface area contributed by atoms with Crippen molar-refractivity contribution in [2.75, 3.05) is 0 Å². The van der Waals surface area contributed by atoms with Crippen molar-refractivity contribution < 1.29 is 13.3 Å². The maximum atomic E-state index is 6.52. The van der Waals surface area contributed by atoms with E-state index < -0.39 is 0 Å². The first-order valence-corrected chi connectivity index (χ1v) is 17.6. The average Bonchev–Trinajstić information content (AvgIpc) is 3.96. The monoisotopic (exact) mass is 670 g/mol. The van der Waals surface area contributed by atoms with E-state index in [4.69, 9.17) is 23.2 Å². The Balaban J connectivity index is 1.04. The molecule has 1 aliphatic carbocycles. The lowest BCUT2D eigenvalue weighted by molar-refractivity contribution is 0.617. The summed E-state index contributed by atoms with van der Waals surface area (Å²) in [6, 6.07) is 50.4. The Morgan fingerprint density at radius 2 is 1.00 bits per heavy atom. The fourth-order valence-electron chi connectivity index (χ4n) is 8.09. The van der Waals surface area contributed by atoms with Crippen LogP contribution in [0.15, 0.2) is 159 Å². The molecule has 0 unspecified atom stereocenters. The van der Waals surface area contributed by atoms with Gasteiger partial charge in [0.2, 0.25) is 11.8 Å². The molecular formula is C47H30N2O3. The number of hydrogen-bond donors (Lipinski definition) is 0. The number of nitrogens with zero attached hydrogens (tertiary/aromatic N) is 2. The second-order valence-corrected chi connectivity index (χ2v) is 14.2. The number of rotatable bonds is 4. The second-order valence-electron chi connectivity index (χ2n) is 14.2. The zero-order valence-electron chi connectivity index (χ0n) is 28.5. The fourth-order valence-corrected chi connectivity index (χ4v) is 8.09. The predicted octanol–water partition coefficient (Wildman–Crippen LogP) is 12.8. The van der Waals surface area contributed by atoms with Crippen LogP contribution >= 0.6 is 0 Å². The molecule has 3 aromatic heterocycles. The van der Waals surface area contributed by atoms with Crippen molar-refractivity contribution >= 4 is 44.1 Å². The first-order chi connectivity index (χ1) is 25.5. The summed E-state index contributed by atoms with van der Waals surface area (Å²) in [5, 5.41) is 2.31. The van der Waals surface area contributed by atoms with E-state index in [-0.39, 0.29) is 5.41 Å². The number of furan rings is 1. The molecule has 0 aliphatic heterocycles. The molecule has 0 amide bonds. The average molecular weight is 671 g/mol. The zero-order valence-corrected chi connectivity index (χ0v) is 28.5. The van der Waals surface area contributed by atoms with E-state index >= 15 is 0 Å². The van der Waals surface area contributed by atoms with Crippen molar-refractivity contribution in [2.45, 2.75) is 19.3 Å². The molecule has 5 heteroatoms. The molecule has 0 N–H and O–H groups in total. The Bertz CT molecular complexity index is 2910. The molecule has 0 saturated heterocycles. The van der Waals surface area contributed by atoms with Gasteiger partial charge in [-0.25, -0.2) is 9.97 Å². The summed E-state index contributed by atoms with van der Waals surface area (Å²) in [4.78, 5) is 9.66. The molecule has 246 valence electrons. The van der Waals surface area contributed by atoms with Crippen LogP contribution in [0.1, 0.15) is 25.0 Å². The maximum absolute atomic E-state index is 6.52. The van der Waals surface area contributed by atoms with E-state index in [1.165, 1.54) is 22.3 Å². The number of benzene rings is 7. The van der Waals surface area contributed by atoms with Crippen LogP contribution in [-0.2, 0) is 5.41 Å². The van der Waals surface area contributed by atoms with Crippen LogP contribution in [0, 0.1) is 0 Å². The molecule has 0 fully saturated rings. The van der Waals surface area contributed by atoms with Crippen molar-refractivity contribution in [3.63, 3.8) is 0 Å². The Morgan fingerprint density at radius 3 is 1.69 bits per heavy atom. The number of aromatic nitrogens is 2. The minimum absolute atomic E-state index is 0.187. The van der Waals surface area contributed by atoms with Gasteiger partial charge in [-0.3, -0.25) is 0 Å². The van der Waals surface area contributed by atoms with Crippen LogP contribution in [0.5, 0.6) is 0 Å². The molecule has 0 bridgehead atoms. The van der Waals surface area contributed by atoms with Crippen LogP contribution < -0.4 is 0 Å².